The molecule has 2 nitrogen and oxygen atoms in total. The molecule has 2 unspecified atom stereocenters. The third-order valence-electron chi connectivity index (χ3n) is 4.02. The highest BCUT2D eigenvalue weighted by Gasteiger charge is 2.33. The molecular formula is C16H25ClFNO. The first-order valence-electron chi connectivity index (χ1n) is 7.19. The van der Waals surface area contributed by atoms with Crippen LogP contribution in [0.2, 0.25) is 5.02 Å². The fourth-order valence-electron chi connectivity index (χ4n) is 2.29. The highest BCUT2D eigenvalue weighted by atomic mass is 35.5. The SMILES string of the molecule is CCCNC(Cc1c(F)cccc1Cl)C(C)(CC)OC. The summed E-state index contributed by atoms with van der Waals surface area (Å²) in [4.78, 5) is 0. The van der Waals surface area contributed by atoms with Gasteiger partial charge in [-0.15, -0.1) is 0 Å². The molecular weight excluding hydrogens is 277 g/mol. The van der Waals surface area contributed by atoms with Gasteiger partial charge in [-0.1, -0.05) is 31.5 Å². The van der Waals surface area contributed by atoms with E-state index in [0.29, 0.717) is 17.0 Å². The molecule has 114 valence electrons. The third kappa shape index (κ3) is 4.18. The molecule has 4 heteroatoms. The average Bonchev–Trinajstić information content (AvgIpc) is 2.45. The summed E-state index contributed by atoms with van der Waals surface area (Å²) in [6.07, 6.45) is 2.38. The van der Waals surface area contributed by atoms with E-state index in [1.165, 1.54) is 6.07 Å². The van der Waals surface area contributed by atoms with Gasteiger partial charge in [0.15, 0.2) is 0 Å². The first-order valence-corrected chi connectivity index (χ1v) is 7.57. The summed E-state index contributed by atoms with van der Waals surface area (Å²) in [7, 11) is 1.70. The van der Waals surface area contributed by atoms with Crippen LogP contribution in [0.15, 0.2) is 18.2 Å². The topological polar surface area (TPSA) is 21.3 Å². The monoisotopic (exact) mass is 301 g/mol. The highest BCUT2D eigenvalue weighted by Crippen LogP contribution is 2.27. The van der Waals surface area contributed by atoms with Gasteiger partial charge in [-0.25, -0.2) is 4.39 Å². The van der Waals surface area contributed by atoms with Gasteiger partial charge in [-0.3, -0.25) is 0 Å². The number of methoxy groups -OCH3 is 1. The van der Waals surface area contributed by atoms with Gasteiger partial charge in [0.25, 0.3) is 0 Å². The number of halogens is 2. The maximum Gasteiger partial charge on any atom is 0.127 e. The van der Waals surface area contributed by atoms with Crippen LogP contribution < -0.4 is 5.32 Å². The van der Waals surface area contributed by atoms with Crippen molar-refractivity contribution in [3.8, 4) is 0 Å². The van der Waals surface area contributed by atoms with Crippen molar-refractivity contribution in [2.24, 2.45) is 0 Å². The van der Waals surface area contributed by atoms with E-state index in [2.05, 4.69) is 26.1 Å². The van der Waals surface area contributed by atoms with Crippen molar-refractivity contribution in [1.82, 2.24) is 5.32 Å². The van der Waals surface area contributed by atoms with Crippen molar-refractivity contribution < 1.29 is 9.13 Å². The number of nitrogens with one attached hydrogen (secondary N) is 1. The van der Waals surface area contributed by atoms with Crippen LogP contribution in [0.25, 0.3) is 0 Å². The lowest BCUT2D eigenvalue weighted by Gasteiger charge is -2.37. The quantitative estimate of drug-likeness (QED) is 0.777. The smallest absolute Gasteiger partial charge is 0.127 e. The lowest BCUT2D eigenvalue weighted by molar-refractivity contribution is -0.0288. The molecule has 0 spiro atoms. The Hall–Kier alpha value is -0.640. The Morgan fingerprint density at radius 1 is 1.40 bits per heavy atom. The maximum atomic E-state index is 14.0. The van der Waals surface area contributed by atoms with E-state index in [4.69, 9.17) is 16.3 Å². The Labute approximate surface area is 126 Å². The summed E-state index contributed by atoms with van der Waals surface area (Å²) < 4.78 is 19.6. The molecule has 20 heavy (non-hydrogen) atoms. The zero-order chi connectivity index (χ0) is 15.2. The predicted octanol–water partition coefficient (Wildman–Crippen LogP) is 4.20. The molecule has 0 aliphatic heterocycles. The predicted molar refractivity (Wildman–Crippen MR) is 82.9 cm³/mol. The summed E-state index contributed by atoms with van der Waals surface area (Å²) in [5, 5.41) is 3.94. The van der Waals surface area contributed by atoms with Crippen molar-refractivity contribution in [1.29, 1.82) is 0 Å². The molecule has 2 atom stereocenters. The zero-order valence-electron chi connectivity index (χ0n) is 12.8. The van der Waals surface area contributed by atoms with Gasteiger partial charge in [0.05, 0.1) is 5.60 Å². The second-order valence-electron chi connectivity index (χ2n) is 5.28. The summed E-state index contributed by atoms with van der Waals surface area (Å²) >= 11 is 6.14. The minimum atomic E-state index is -0.346. The average molecular weight is 302 g/mol. The van der Waals surface area contributed by atoms with Crippen LogP contribution in [0.3, 0.4) is 0 Å². The number of ether oxygens (including phenoxy) is 1. The van der Waals surface area contributed by atoms with E-state index >= 15 is 0 Å². The van der Waals surface area contributed by atoms with Crippen molar-refractivity contribution >= 4 is 11.6 Å². The first-order chi connectivity index (χ1) is 9.48. The second kappa shape index (κ2) is 7.96. The molecule has 0 saturated carbocycles. The molecule has 0 radical (unpaired) electrons. The molecule has 0 aromatic heterocycles. The second-order valence-corrected chi connectivity index (χ2v) is 5.69. The molecule has 0 fully saturated rings. The Morgan fingerprint density at radius 2 is 2.10 bits per heavy atom. The van der Waals surface area contributed by atoms with Gasteiger partial charge in [0.2, 0.25) is 0 Å². The minimum Gasteiger partial charge on any atom is -0.377 e. The lowest BCUT2D eigenvalue weighted by atomic mass is 9.88. The summed E-state index contributed by atoms with van der Waals surface area (Å²) in [6, 6.07) is 4.83. The molecule has 0 heterocycles. The van der Waals surface area contributed by atoms with Gasteiger partial charge < -0.3 is 10.1 Å². The van der Waals surface area contributed by atoms with Crippen molar-refractivity contribution in [2.75, 3.05) is 13.7 Å². The Kier molecular flexibility index (Phi) is 6.93. The van der Waals surface area contributed by atoms with E-state index in [1.807, 2.05) is 0 Å². The largest absolute Gasteiger partial charge is 0.377 e. The highest BCUT2D eigenvalue weighted by molar-refractivity contribution is 6.31. The van der Waals surface area contributed by atoms with E-state index in [9.17, 15) is 4.39 Å². The molecule has 0 saturated heterocycles. The van der Waals surface area contributed by atoms with Gasteiger partial charge >= 0.3 is 0 Å². The number of hydrogen-bond acceptors (Lipinski definition) is 2. The minimum absolute atomic E-state index is 0.0202. The Bertz CT molecular complexity index is 401. The van der Waals surface area contributed by atoms with E-state index < -0.39 is 0 Å². The molecule has 0 amide bonds. The van der Waals surface area contributed by atoms with Crippen LogP contribution in [-0.2, 0) is 11.2 Å². The van der Waals surface area contributed by atoms with E-state index in [0.717, 1.165) is 19.4 Å². The van der Waals surface area contributed by atoms with Crippen LogP contribution in [0, 0.1) is 5.82 Å². The number of rotatable bonds is 8. The molecule has 0 aliphatic rings. The molecule has 1 aromatic carbocycles. The third-order valence-corrected chi connectivity index (χ3v) is 4.37. The Balaban J connectivity index is 3.00. The summed E-state index contributed by atoms with van der Waals surface area (Å²) in [5.74, 6) is -0.254. The molecule has 0 aliphatic carbocycles. The van der Waals surface area contributed by atoms with Gasteiger partial charge in [0.1, 0.15) is 5.82 Å². The molecule has 0 bridgehead atoms. The summed E-state index contributed by atoms with van der Waals surface area (Å²) in [5.41, 5.74) is 0.209. The summed E-state index contributed by atoms with van der Waals surface area (Å²) in [6.45, 7) is 7.11. The zero-order valence-corrected chi connectivity index (χ0v) is 13.6. The Morgan fingerprint density at radius 3 is 2.60 bits per heavy atom. The van der Waals surface area contributed by atoms with Crippen LogP contribution >= 0.6 is 11.6 Å². The van der Waals surface area contributed by atoms with E-state index in [-0.39, 0.29) is 17.5 Å². The van der Waals surface area contributed by atoms with Crippen molar-refractivity contribution in [3.05, 3.63) is 34.6 Å². The van der Waals surface area contributed by atoms with Gasteiger partial charge in [0, 0.05) is 23.7 Å². The van der Waals surface area contributed by atoms with Gasteiger partial charge in [-0.2, -0.15) is 0 Å². The van der Waals surface area contributed by atoms with Gasteiger partial charge in [-0.05, 0) is 44.9 Å². The standard InChI is InChI=1S/C16H25ClFNO/c1-5-10-19-15(16(3,6-2)20-4)11-12-13(17)8-7-9-14(12)18/h7-9,15,19H,5-6,10-11H2,1-4H3. The van der Waals surface area contributed by atoms with Crippen molar-refractivity contribution in [2.45, 2.75) is 51.7 Å². The molecule has 1 rings (SSSR count). The fraction of sp³-hybridized carbons (Fsp3) is 0.625. The van der Waals surface area contributed by atoms with E-state index in [1.54, 1.807) is 19.2 Å². The fourth-order valence-corrected chi connectivity index (χ4v) is 2.53. The van der Waals surface area contributed by atoms with Crippen LogP contribution in [0.1, 0.15) is 39.2 Å². The van der Waals surface area contributed by atoms with Crippen LogP contribution in [-0.4, -0.2) is 25.3 Å². The molecule has 1 aromatic rings. The maximum absolute atomic E-state index is 14.0. The lowest BCUT2D eigenvalue weighted by Crippen LogP contribution is -2.51. The van der Waals surface area contributed by atoms with Crippen LogP contribution in [0.5, 0.6) is 0 Å². The van der Waals surface area contributed by atoms with Crippen LogP contribution in [0.4, 0.5) is 4.39 Å². The van der Waals surface area contributed by atoms with Crippen molar-refractivity contribution in [3.63, 3.8) is 0 Å². The number of hydrogen-bond donors (Lipinski definition) is 1. The molecule has 1 N–H and O–H groups in total. The first kappa shape index (κ1) is 17.4. The normalized spacial score (nSPS) is 15.9. The number of benzene rings is 1.